The van der Waals surface area contributed by atoms with Crippen LogP contribution < -0.4 is 0 Å². The Morgan fingerprint density at radius 1 is 1.64 bits per heavy atom. The van der Waals surface area contributed by atoms with Crippen LogP contribution in [0.25, 0.3) is 0 Å². The second-order valence-corrected chi connectivity index (χ2v) is 3.35. The van der Waals surface area contributed by atoms with Gasteiger partial charge in [-0.3, -0.25) is 4.79 Å². The molecule has 2 unspecified atom stereocenters. The van der Waals surface area contributed by atoms with Crippen molar-refractivity contribution in [2.24, 2.45) is 5.92 Å². The summed E-state index contributed by atoms with van der Waals surface area (Å²) in [6.45, 7) is 0. The number of hydrogen-bond acceptors (Lipinski definition) is 2. The minimum absolute atomic E-state index is 0.177. The summed E-state index contributed by atoms with van der Waals surface area (Å²) in [4.78, 5) is 11.2. The van der Waals surface area contributed by atoms with Gasteiger partial charge in [-0.2, -0.15) is 0 Å². The van der Waals surface area contributed by atoms with E-state index in [1.807, 2.05) is 0 Å². The van der Waals surface area contributed by atoms with Crippen LogP contribution in [0.5, 0.6) is 0 Å². The molecule has 0 aliphatic heterocycles. The standard InChI is InChI=1S/C8H13ClO2/c9-5-8(11)6-3-1-2-4-7(6)10/h6,8,11H,1-5H2. The Hall–Kier alpha value is -0.0800. The highest BCUT2D eigenvalue weighted by atomic mass is 35.5. The molecule has 2 atom stereocenters. The van der Waals surface area contributed by atoms with Gasteiger partial charge in [0.05, 0.1) is 6.10 Å². The summed E-state index contributed by atoms with van der Waals surface area (Å²) in [5.74, 6) is 0.182. The van der Waals surface area contributed by atoms with Gasteiger partial charge in [-0.25, -0.2) is 0 Å². The van der Waals surface area contributed by atoms with Crippen molar-refractivity contribution in [3.63, 3.8) is 0 Å². The average molecular weight is 177 g/mol. The van der Waals surface area contributed by atoms with Crippen molar-refractivity contribution in [2.75, 3.05) is 5.88 Å². The molecule has 1 saturated carbocycles. The zero-order valence-electron chi connectivity index (χ0n) is 6.42. The number of hydrogen-bond donors (Lipinski definition) is 1. The van der Waals surface area contributed by atoms with Crippen molar-refractivity contribution < 1.29 is 9.90 Å². The normalized spacial score (nSPS) is 28.5. The second kappa shape index (κ2) is 4.07. The molecule has 64 valence electrons. The predicted molar refractivity (Wildman–Crippen MR) is 43.7 cm³/mol. The Balaban J connectivity index is 2.47. The smallest absolute Gasteiger partial charge is 0.138 e. The van der Waals surface area contributed by atoms with E-state index in [9.17, 15) is 9.90 Å². The van der Waals surface area contributed by atoms with Crippen LogP contribution in [0.1, 0.15) is 25.7 Å². The van der Waals surface area contributed by atoms with Crippen molar-refractivity contribution in [1.29, 1.82) is 0 Å². The van der Waals surface area contributed by atoms with Gasteiger partial charge in [-0.15, -0.1) is 11.6 Å². The Bertz CT molecular complexity index is 147. The molecule has 1 N–H and O–H groups in total. The Kier molecular flexibility index (Phi) is 3.34. The summed E-state index contributed by atoms with van der Waals surface area (Å²) < 4.78 is 0. The molecule has 0 amide bonds. The van der Waals surface area contributed by atoms with Crippen molar-refractivity contribution >= 4 is 17.4 Å². The molecule has 1 aliphatic rings. The average Bonchev–Trinajstić information content (AvgIpc) is 2.04. The van der Waals surface area contributed by atoms with Crippen LogP contribution in [0.15, 0.2) is 0 Å². The maximum Gasteiger partial charge on any atom is 0.138 e. The van der Waals surface area contributed by atoms with Gasteiger partial charge in [-0.1, -0.05) is 6.42 Å². The van der Waals surface area contributed by atoms with Crippen molar-refractivity contribution in [3.8, 4) is 0 Å². The molecule has 0 aromatic carbocycles. The highest BCUT2D eigenvalue weighted by Gasteiger charge is 2.27. The molecule has 1 fully saturated rings. The Morgan fingerprint density at radius 2 is 2.36 bits per heavy atom. The molecule has 0 spiro atoms. The lowest BCUT2D eigenvalue weighted by atomic mass is 9.85. The zero-order valence-corrected chi connectivity index (χ0v) is 7.18. The molecule has 2 nitrogen and oxygen atoms in total. The van der Waals surface area contributed by atoms with Crippen LogP contribution in [0, 0.1) is 5.92 Å². The molecule has 1 rings (SSSR count). The van der Waals surface area contributed by atoms with Crippen LogP contribution in [0.3, 0.4) is 0 Å². The molecular weight excluding hydrogens is 164 g/mol. The van der Waals surface area contributed by atoms with E-state index in [0.717, 1.165) is 19.3 Å². The molecule has 1 aliphatic carbocycles. The fourth-order valence-corrected chi connectivity index (χ4v) is 1.74. The Labute approximate surface area is 71.5 Å². The van der Waals surface area contributed by atoms with Crippen molar-refractivity contribution in [2.45, 2.75) is 31.8 Å². The fourth-order valence-electron chi connectivity index (χ4n) is 1.52. The number of aliphatic hydroxyl groups excluding tert-OH is 1. The lowest BCUT2D eigenvalue weighted by Gasteiger charge is -2.23. The molecule has 0 radical (unpaired) electrons. The van der Waals surface area contributed by atoms with E-state index in [1.54, 1.807) is 0 Å². The number of rotatable bonds is 2. The van der Waals surface area contributed by atoms with Crippen LogP contribution in [0.2, 0.25) is 0 Å². The predicted octanol–water partition coefficient (Wildman–Crippen LogP) is 1.35. The quantitative estimate of drug-likeness (QED) is 0.645. The van der Waals surface area contributed by atoms with Gasteiger partial charge in [0.25, 0.3) is 0 Å². The third-order valence-corrected chi connectivity index (χ3v) is 2.54. The maximum atomic E-state index is 11.2. The SMILES string of the molecule is O=C1CCCCC1C(O)CCl. The van der Waals surface area contributed by atoms with Crippen LogP contribution >= 0.6 is 11.6 Å². The number of Topliss-reactive ketones (excluding diaryl/α,β-unsaturated/α-hetero) is 1. The van der Waals surface area contributed by atoms with E-state index in [4.69, 9.17) is 11.6 Å². The summed E-state index contributed by atoms with van der Waals surface area (Å²) in [6, 6.07) is 0. The first-order chi connectivity index (χ1) is 5.25. The largest absolute Gasteiger partial charge is 0.391 e. The van der Waals surface area contributed by atoms with E-state index >= 15 is 0 Å². The Morgan fingerprint density at radius 3 is 2.91 bits per heavy atom. The fraction of sp³-hybridized carbons (Fsp3) is 0.875. The maximum absolute atomic E-state index is 11.2. The number of aliphatic hydroxyl groups is 1. The summed E-state index contributed by atoms with van der Waals surface area (Å²) in [6.07, 6.45) is 2.84. The molecule has 0 aromatic rings. The summed E-state index contributed by atoms with van der Waals surface area (Å²) in [5, 5.41) is 9.30. The number of carbonyl (C=O) groups is 1. The van der Waals surface area contributed by atoms with E-state index in [2.05, 4.69) is 0 Å². The second-order valence-electron chi connectivity index (χ2n) is 3.04. The van der Waals surface area contributed by atoms with Crippen LogP contribution in [-0.4, -0.2) is 22.9 Å². The summed E-state index contributed by atoms with van der Waals surface area (Å²) >= 11 is 5.45. The van der Waals surface area contributed by atoms with Gasteiger partial charge in [0.2, 0.25) is 0 Å². The first-order valence-electron chi connectivity index (χ1n) is 4.02. The minimum Gasteiger partial charge on any atom is -0.391 e. The van der Waals surface area contributed by atoms with Gasteiger partial charge in [0, 0.05) is 18.2 Å². The lowest BCUT2D eigenvalue weighted by molar-refractivity contribution is -0.127. The first kappa shape index (κ1) is 9.01. The molecule has 3 heteroatoms. The van der Waals surface area contributed by atoms with Crippen molar-refractivity contribution in [1.82, 2.24) is 0 Å². The molecule has 0 aromatic heterocycles. The molecule has 0 saturated heterocycles. The summed E-state index contributed by atoms with van der Waals surface area (Å²) in [7, 11) is 0. The number of carbonyl (C=O) groups excluding carboxylic acids is 1. The van der Waals surface area contributed by atoms with Gasteiger partial charge in [0.15, 0.2) is 0 Å². The minimum atomic E-state index is -0.621. The summed E-state index contributed by atoms with van der Waals surface area (Å²) in [5.41, 5.74) is 0. The van der Waals surface area contributed by atoms with Crippen LogP contribution in [-0.2, 0) is 4.79 Å². The molecular formula is C8H13ClO2. The van der Waals surface area contributed by atoms with E-state index < -0.39 is 6.10 Å². The lowest BCUT2D eigenvalue weighted by Crippen LogP contribution is -2.31. The van der Waals surface area contributed by atoms with E-state index in [0.29, 0.717) is 6.42 Å². The monoisotopic (exact) mass is 176 g/mol. The number of alkyl halides is 1. The van der Waals surface area contributed by atoms with E-state index in [1.165, 1.54) is 0 Å². The third-order valence-electron chi connectivity index (χ3n) is 2.22. The van der Waals surface area contributed by atoms with Gasteiger partial charge < -0.3 is 5.11 Å². The number of ketones is 1. The van der Waals surface area contributed by atoms with E-state index in [-0.39, 0.29) is 17.6 Å². The molecule has 11 heavy (non-hydrogen) atoms. The van der Waals surface area contributed by atoms with Gasteiger partial charge in [0.1, 0.15) is 5.78 Å². The van der Waals surface area contributed by atoms with Gasteiger partial charge >= 0.3 is 0 Å². The molecule has 0 heterocycles. The highest BCUT2D eigenvalue weighted by molar-refractivity contribution is 6.18. The first-order valence-corrected chi connectivity index (χ1v) is 4.56. The van der Waals surface area contributed by atoms with Crippen LogP contribution in [0.4, 0.5) is 0 Å². The van der Waals surface area contributed by atoms with Gasteiger partial charge in [-0.05, 0) is 12.8 Å². The topological polar surface area (TPSA) is 37.3 Å². The third kappa shape index (κ3) is 2.17. The molecule has 0 bridgehead atoms. The van der Waals surface area contributed by atoms with Crippen molar-refractivity contribution in [3.05, 3.63) is 0 Å². The zero-order chi connectivity index (χ0) is 8.27. The highest BCUT2D eigenvalue weighted by Crippen LogP contribution is 2.23. The number of halogens is 1.